The minimum absolute atomic E-state index is 0.0518. The number of anilines is 1. The van der Waals surface area contributed by atoms with Gasteiger partial charge in [0.1, 0.15) is 17.3 Å². The molecule has 1 N–H and O–H groups in total. The smallest absolute Gasteiger partial charge is 0.270 e. The van der Waals surface area contributed by atoms with Crippen LogP contribution in [0.5, 0.6) is 0 Å². The molecule has 1 aromatic rings. The van der Waals surface area contributed by atoms with Crippen molar-refractivity contribution in [1.29, 1.82) is 0 Å². The Bertz CT molecular complexity index is 531. The van der Waals surface area contributed by atoms with Gasteiger partial charge < -0.3 is 10.2 Å². The van der Waals surface area contributed by atoms with Crippen LogP contribution in [0.4, 0.5) is 5.82 Å². The molecule has 3 rings (SSSR count). The summed E-state index contributed by atoms with van der Waals surface area (Å²) in [5, 5.41) is 3.11. The average molecular weight is 302 g/mol. The average Bonchev–Trinajstić information content (AvgIpc) is 3.00. The van der Waals surface area contributed by atoms with Crippen molar-refractivity contribution in [2.75, 3.05) is 18.0 Å². The minimum atomic E-state index is -0.0518. The summed E-state index contributed by atoms with van der Waals surface area (Å²) in [6, 6.07) is 2.18. The maximum Gasteiger partial charge on any atom is 0.270 e. The van der Waals surface area contributed by atoms with E-state index in [9.17, 15) is 4.79 Å². The Morgan fingerprint density at radius 3 is 2.55 bits per heavy atom. The van der Waals surface area contributed by atoms with Crippen molar-refractivity contribution >= 4 is 11.7 Å². The minimum Gasteiger partial charge on any atom is -0.356 e. The van der Waals surface area contributed by atoms with Crippen molar-refractivity contribution in [3.63, 3.8) is 0 Å². The lowest BCUT2D eigenvalue weighted by Crippen LogP contribution is -2.35. The second-order valence-corrected chi connectivity index (χ2v) is 6.78. The number of carbonyl (C=O) groups is 1. The van der Waals surface area contributed by atoms with Crippen molar-refractivity contribution in [2.45, 2.75) is 58.4 Å². The highest BCUT2D eigenvalue weighted by Crippen LogP contribution is 2.22. The van der Waals surface area contributed by atoms with Gasteiger partial charge in [0.05, 0.1) is 0 Å². The van der Waals surface area contributed by atoms with Gasteiger partial charge in [0.15, 0.2) is 0 Å². The Morgan fingerprint density at radius 2 is 1.86 bits per heavy atom. The summed E-state index contributed by atoms with van der Waals surface area (Å²) in [4.78, 5) is 23.6. The lowest BCUT2D eigenvalue weighted by atomic mass is 9.99. The predicted octanol–water partition coefficient (Wildman–Crippen LogP) is 2.69. The highest BCUT2D eigenvalue weighted by molar-refractivity contribution is 5.93. The van der Waals surface area contributed by atoms with Crippen molar-refractivity contribution in [3.05, 3.63) is 17.6 Å². The number of piperidine rings is 1. The quantitative estimate of drug-likeness (QED) is 0.932. The third-order valence-electron chi connectivity index (χ3n) is 4.86. The molecule has 5 nitrogen and oxygen atoms in total. The number of nitrogens with one attached hydrogen (secondary N) is 1. The molecule has 0 atom stereocenters. The molecule has 1 aliphatic heterocycles. The van der Waals surface area contributed by atoms with E-state index in [0.717, 1.165) is 37.7 Å². The zero-order chi connectivity index (χ0) is 15.5. The molecule has 0 bridgehead atoms. The van der Waals surface area contributed by atoms with E-state index in [2.05, 4.69) is 27.1 Å². The van der Waals surface area contributed by atoms with E-state index in [1.54, 1.807) is 0 Å². The van der Waals surface area contributed by atoms with E-state index in [1.807, 2.05) is 13.0 Å². The SMILES string of the molecule is Cc1nc(C(=O)NC2CCCC2)cc(N2CCC(C)CC2)n1. The third kappa shape index (κ3) is 3.57. The van der Waals surface area contributed by atoms with Gasteiger partial charge in [-0.1, -0.05) is 19.8 Å². The van der Waals surface area contributed by atoms with Gasteiger partial charge in [-0.25, -0.2) is 9.97 Å². The van der Waals surface area contributed by atoms with E-state index in [1.165, 1.54) is 25.7 Å². The second-order valence-electron chi connectivity index (χ2n) is 6.78. The molecule has 22 heavy (non-hydrogen) atoms. The molecule has 2 heterocycles. The van der Waals surface area contributed by atoms with Crippen LogP contribution >= 0.6 is 0 Å². The monoisotopic (exact) mass is 302 g/mol. The summed E-state index contributed by atoms with van der Waals surface area (Å²) < 4.78 is 0. The number of aromatic nitrogens is 2. The number of nitrogens with zero attached hydrogens (tertiary/aromatic N) is 3. The first-order valence-electron chi connectivity index (χ1n) is 8.53. The summed E-state index contributed by atoms with van der Waals surface area (Å²) in [5.74, 6) is 2.30. The van der Waals surface area contributed by atoms with Crippen molar-refractivity contribution < 1.29 is 4.79 Å². The number of carbonyl (C=O) groups excluding carboxylic acids is 1. The Hall–Kier alpha value is -1.65. The third-order valence-corrected chi connectivity index (χ3v) is 4.86. The van der Waals surface area contributed by atoms with Crippen LogP contribution in [0.2, 0.25) is 0 Å². The van der Waals surface area contributed by atoms with Crippen molar-refractivity contribution in [1.82, 2.24) is 15.3 Å². The molecule has 0 unspecified atom stereocenters. The zero-order valence-corrected chi connectivity index (χ0v) is 13.6. The molecule has 1 aromatic heterocycles. The number of hydrogen-bond acceptors (Lipinski definition) is 4. The molecular formula is C17H26N4O. The van der Waals surface area contributed by atoms with Gasteiger partial charge in [-0.2, -0.15) is 0 Å². The van der Waals surface area contributed by atoms with Gasteiger partial charge in [0.2, 0.25) is 0 Å². The second kappa shape index (κ2) is 6.63. The van der Waals surface area contributed by atoms with E-state index in [4.69, 9.17) is 0 Å². The number of amides is 1. The first kappa shape index (κ1) is 15.3. The van der Waals surface area contributed by atoms with Crippen LogP contribution in [0, 0.1) is 12.8 Å². The van der Waals surface area contributed by atoms with E-state index < -0.39 is 0 Å². The standard InChI is InChI=1S/C17H26N4O/c1-12-7-9-21(10-8-12)16-11-15(18-13(2)19-16)17(22)20-14-5-3-4-6-14/h11-12,14H,3-10H2,1-2H3,(H,20,22). The lowest BCUT2D eigenvalue weighted by molar-refractivity contribution is 0.0932. The molecule has 0 radical (unpaired) electrons. The molecule has 1 aliphatic carbocycles. The molecule has 5 heteroatoms. The molecule has 2 fully saturated rings. The van der Waals surface area contributed by atoms with E-state index >= 15 is 0 Å². The van der Waals surface area contributed by atoms with Crippen LogP contribution in [-0.2, 0) is 0 Å². The fraction of sp³-hybridized carbons (Fsp3) is 0.706. The molecule has 1 amide bonds. The summed E-state index contributed by atoms with van der Waals surface area (Å²) in [7, 11) is 0. The van der Waals surface area contributed by atoms with Crippen LogP contribution in [0.1, 0.15) is 61.8 Å². The van der Waals surface area contributed by atoms with Crippen LogP contribution in [0.25, 0.3) is 0 Å². The lowest BCUT2D eigenvalue weighted by Gasteiger charge is -2.31. The Labute approximate surface area is 132 Å². The first-order valence-corrected chi connectivity index (χ1v) is 8.53. The Morgan fingerprint density at radius 1 is 1.18 bits per heavy atom. The van der Waals surface area contributed by atoms with Crippen molar-refractivity contribution in [2.24, 2.45) is 5.92 Å². The predicted molar refractivity (Wildman–Crippen MR) is 87.1 cm³/mol. The van der Waals surface area contributed by atoms with Gasteiger partial charge in [-0.15, -0.1) is 0 Å². The summed E-state index contributed by atoms with van der Waals surface area (Å²) in [6.07, 6.45) is 6.98. The largest absolute Gasteiger partial charge is 0.356 e. The summed E-state index contributed by atoms with van der Waals surface area (Å²) >= 11 is 0. The number of rotatable bonds is 3. The fourth-order valence-corrected chi connectivity index (χ4v) is 3.40. The van der Waals surface area contributed by atoms with Crippen molar-refractivity contribution in [3.8, 4) is 0 Å². The van der Waals surface area contributed by atoms with E-state index in [-0.39, 0.29) is 5.91 Å². The van der Waals surface area contributed by atoms with Crippen LogP contribution in [-0.4, -0.2) is 35.0 Å². The Balaban J connectivity index is 1.72. The summed E-state index contributed by atoms with van der Waals surface area (Å²) in [5.41, 5.74) is 0.507. The molecule has 2 aliphatic rings. The van der Waals surface area contributed by atoms with Gasteiger partial charge in [-0.05, 0) is 38.5 Å². The highest BCUT2D eigenvalue weighted by atomic mass is 16.1. The Kier molecular flexibility index (Phi) is 4.60. The van der Waals surface area contributed by atoms with Gasteiger partial charge in [0, 0.05) is 25.2 Å². The van der Waals surface area contributed by atoms with Gasteiger partial charge >= 0.3 is 0 Å². The zero-order valence-electron chi connectivity index (χ0n) is 13.6. The molecular weight excluding hydrogens is 276 g/mol. The molecule has 0 aromatic carbocycles. The number of hydrogen-bond donors (Lipinski definition) is 1. The normalized spacial score (nSPS) is 20.4. The highest BCUT2D eigenvalue weighted by Gasteiger charge is 2.22. The van der Waals surface area contributed by atoms with Crippen LogP contribution in [0.3, 0.4) is 0 Å². The van der Waals surface area contributed by atoms with Crippen LogP contribution in [0.15, 0.2) is 6.07 Å². The maximum absolute atomic E-state index is 12.4. The first-order chi connectivity index (χ1) is 10.6. The summed E-state index contributed by atoms with van der Waals surface area (Å²) in [6.45, 7) is 6.19. The molecule has 120 valence electrons. The fourth-order valence-electron chi connectivity index (χ4n) is 3.40. The van der Waals surface area contributed by atoms with E-state index in [0.29, 0.717) is 17.6 Å². The topological polar surface area (TPSA) is 58.1 Å². The van der Waals surface area contributed by atoms with Gasteiger partial charge in [0.25, 0.3) is 5.91 Å². The maximum atomic E-state index is 12.4. The number of aryl methyl sites for hydroxylation is 1. The molecule has 1 saturated heterocycles. The van der Waals surface area contributed by atoms with Gasteiger partial charge in [-0.3, -0.25) is 4.79 Å². The molecule has 0 spiro atoms. The van der Waals surface area contributed by atoms with Crippen LogP contribution < -0.4 is 10.2 Å². The molecule has 1 saturated carbocycles.